The predicted molar refractivity (Wildman–Crippen MR) is 74.6 cm³/mol. The lowest BCUT2D eigenvalue weighted by Crippen LogP contribution is -2.03. The molecule has 0 saturated carbocycles. The second kappa shape index (κ2) is 6.30. The SMILES string of the molecule is Cc1ccc(NCCSc2ccccn2)cc1. The van der Waals surface area contributed by atoms with E-state index in [2.05, 4.69) is 41.5 Å². The van der Waals surface area contributed by atoms with Crippen LogP contribution in [0.25, 0.3) is 0 Å². The lowest BCUT2D eigenvalue weighted by molar-refractivity contribution is 1.12. The zero-order valence-corrected chi connectivity index (χ0v) is 10.7. The number of benzene rings is 1. The topological polar surface area (TPSA) is 24.9 Å². The van der Waals surface area contributed by atoms with Crippen LogP contribution in [-0.2, 0) is 0 Å². The summed E-state index contributed by atoms with van der Waals surface area (Å²) >= 11 is 1.77. The zero-order chi connectivity index (χ0) is 11.9. The first kappa shape index (κ1) is 12.0. The highest BCUT2D eigenvalue weighted by atomic mass is 32.2. The van der Waals surface area contributed by atoms with Crippen LogP contribution >= 0.6 is 11.8 Å². The Kier molecular flexibility index (Phi) is 4.45. The molecule has 3 heteroatoms. The highest BCUT2D eigenvalue weighted by Crippen LogP contribution is 2.14. The van der Waals surface area contributed by atoms with E-state index >= 15 is 0 Å². The van der Waals surface area contributed by atoms with Crippen molar-refractivity contribution in [2.45, 2.75) is 11.9 Å². The van der Waals surface area contributed by atoms with Gasteiger partial charge in [-0.05, 0) is 31.2 Å². The maximum atomic E-state index is 4.27. The number of rotatable bonds is 5. The number of aryl methyl sites for hydroxylation is 1. The van der Waals surface area contributed by atoms with Crippen molar-refractivity contribution in [1.82, 2.24) is 4.98 Å². The number of hydrogen-bond donors (Lipinski definition) is 1. The molecule has 1 aromatic carbocycles. The second-order valence-electron chi connectivity index (χ2n) is 3.81. The molecule has 0 saturated heterocycles. The number of anilines is 1. The van der Waals surface area contributed by atoms with Crippen LogP contribution in [0.3, 0.4) is 0 Å². The van der Waals surface area contributed by atoms with Crippen molar-refractivity contribution >= 4 is 17.4 Å². The Labute approximate surface area is 106 Å². The number of pyridine rings is 1. The minimum Gasteiger partial charge on any atom is -0.384 e. The zero-order valence-electron chi connectivity index (χ0n) is 9.89. The average molecular weight is 244 g/mol. The van der Waals surface area contributed by atoms with E-state index in [0.29, 0.717) is 0 Å². The van der Waals surface area contributed by atoms with Gasteiger partial charge in [-0.2, -0.15) is 0 Å². The molecule has 2 aromatic rings. The Bertz CT molecular complexity index is 440. The minimum absolute atomic E-state index is 0.949. The van der Waals surface area contributed by atoms with Gasteiger partial charge in [-0.1, -0.05) is 23.8 Å². The Morgan fingerprint density at radius 1 is 1.12 bits per heavy atom. The quantitative estimate of drug-likeness (QED) is 0.642. The number of hydrogen-bond acceptors (Lipinski definition) is 3. The average Bonchev–Trinajstić information content (AvgIpc) is 2.38. The molecule has 0 aliphatic rings. The Morgan fingerprint density at radius 2 is 1.94 bits per heavy atom. The van der Waals surface area contributed by atoms with Crippen molar-refractivity contribution in [2.75, 3.05) is 17.6 Å². The van der Waals surface area contributed by atoms with Gasteiger partial charge in [0.1, 0.15) is 0 Å². The smallest absolute Gasteiger partial charge is 0.0960 e. The van der Waals surface area contributed by atoms with E-state index < -0.39 is 0 Å². The summed E-state index contributed by atoms with van der Waals surface area (Å²) in [5.74, 6) is 1.02. The second-order valence-corrected chi connectivity index (χ2v) is 4.92. The van der Waals surface area contributed by atoms with Crippen molar-refractivity contribution in [1.29, 1.82) is 0 Å². The number of nitrogens with one attached hydrogen (secondary N) is 1. The first-order valence-electron chi connectivity index (χ1n) is 5.69. The Hall–Kier alpha value is -1.48. The summed E-state index contributed by atoms with van der Waals surface area (Å²) in [5.41, 5.74) is 2.47. The fraction of sp³-hybridized carbons (Fsp3) is 0.214. The molecular weight excluding hydrogens is 228 g/mol. The number of aromatic nitrogens is 1. The third-order valence-electron chi connectivity index (χ3n) is 2.37. The van der Waals surface area contributed by atoms with E-state index in [1.165, 1.54) is 11.3 Å². The van der Waals surface area contributed by atoms with E-state index in [1.54, 1.807) is 11.8 Å². The molecule has 0 spiro atoms. The predicted octanol–water partition coefficient (Wildman–Crippen LogP) is 3.59. The molecule has 0 aliphatic carbocycles. The van der Waals surface area contributed by atoms with Crippen molar-refractivity contribution in [3.8, 4) is 0 Å². The van der Waals surface area contributed by atoms with Crippen molar-refractivity contribution in [3.05, 3.63) is 54.2 Å². The summed E-state index contributed by atoms with van der Waals surface area (Å²) < 4.78 is 0. The van der Waals surface area contributed by atoms with Gasteiger partial charge < -0.3 is 5.32 Å². The van der Waals surface area contributed by atoms with Crippen LogP contribution < -0.4 is 5.32 Å². The van der Waals surface area contributed by atoms with Gasteiger partial charge in [-0.3, -0.25) is 0 Å². The van der Waals surface area contributed by atoms with E-state index in [0.717, 1.165) is 17.3 Å². The molecule has 17 heavy (non-hydrogen) atoms. The molecule has 1 heterocycles. The maximum absolute atomic E-state index is 4.27. The highest BCUT2D eigenvalue weighted by molar-refractivity contribution is 7.99. The summed E-state index contributed by atoms with van der Waals surface area (Å²) in [7, 11) is 0. The summed E-state index contributed by atoms with van der Waals surface area (Å²) in [5, 5.41) is 4.48. The molecular formula is C14H16N2S. The molecule has 2 nitrogen and oxygen atoms in total. The van der Waals surface area contributed by atoms with Crippen LogP contribution in [0, 0.1) is 6.92 Å². The number of nitrogens with zero attached hydrogens (tertiary/aromatic N) is 1. The normalized spacial score (nSPS) is 10.2. The first-order valence-corrected chi connectivity index (χ1v) is 6.67. The van der Waals surface area contributed by atoms with Gasteiger partial charge in [0.15, 0.2) is 0 Å². The van der Waals surface area contributed by atoms with E-state index in [1.807, 2.05) is 24.4 Å². The number of thioether (sulfide) groups is 1. The van der Waals surface area contributed by atoms with Crippen LogP contribution in [0.2, 0.25) is 0 Å². The van der Waals surface area contributed by atoms with Gasteiger partial charge in [0.25, 0.3) is 0 Å². The van der Waals surface area contributed by atoms with Crippen LogP contribution in [0.4, 0.5) is 5.69 Å². The van der Waals surface area contributed by atoms with Crippen LogP contribution in [0.15, 0.2) is 53.7 Å². The molecule has 1 aromatic heterocycles. The van der Waals surface area contributed by atoms with Gasteiger partial charge in [-0.15, -0.1) is 11.8 Å². The fourth-order valence-electron chi connectivity index (χ4n) is 1.45. The third-order valence-corrected chi connectivity index (χ3v) is 3.32. The Morgan fingerprint density at radius 3 is 2.65 bits per heavy atom. The maximum Gasteiger partial charge on any atom is 0.0960 e. The standard InChI is InChI=1S/C14H16N2S/c1-12-5-7-13(8-6-12)15-10-11-17-14-4-2-3-9-16-14/h2-9,15H,10-11H2,1H3. The van der Waals surface area contributed by atoms with E-state index in [-0.39, 0.29) is 0 Å². The lowest BCUT2D eigenvalue weighted by atomic mass is 10.2. The van der Waals surface area contributed by atoms with Gasteiger partial charge in [-0.25, -0.2) is 4.98 Å². The van der Waals surface area contributed by atoms with Crippen molar-refractivity contribution in [3.63, 3.8) is 0 Å². The molecule has 0 bridgehead atoms. The molecule has 2 rings (SSSR count). The molecule has 0 radical (unpaired) electrons. The molecule has 1 N–H and O–H groups in total. The first-order chi connectivity index (χ1) is 8.34. The monoisotopic (exact) mass is 244 g/mol. The summed E-state index contributed by atoms with van der Waals surface area (Å²) in [4.78, 5) is 4.27. The Balaban J connectivity index is 1.71. The van der Waals surface area contributed by atoms with E-state index in [9.17, 15) is 0 Å². The van der Waals surface area contributed by atoms with Gasteiger partial charge >= 0.3 is 0 Å². The lowest BCUT2D eigenvalue weighted by Gasteiger charge is -2.06. The van der Waals surface area contributed by atoms with Gasteiger partial charge in [0.05, 0.1) is 5.03 Å². The van der Waals surface area contributed by atoms with Crippen molar-refractivity contribution < 1.29 is 0 Å². The van der Waals surface area contributed by atoms with Crippen LogP contribution in [0.5, 0.6) is 0 Å². The van der Waals surface area contributed by atoms with Crippen molar-refractivity contribution in [2.24, 2.45) is 0 Å². The molecule has 0 fully saturated rings. The highest BCUT2D eigenvalue weighted by Gasteiger charge is 1.94. The van der Waals surface area contributed by atoms with Crippen LogP contribution in [0.1, 0.15) is 5.56 Å². The van der Waals surface area contributed by atoms with E-state index in [4.69, 9.17) is 0 Å². The summed E-state index contributed by atoms with van der Waals surface area (Å²) in [6, 6.07) is 14.5. The molecule has 0 amide bonds. The van der Waals surface area contributed by atoms with Crippen LogP contribution in [-0.4, -0.2) is 17.3 Å². The third kappa shape index (κ3) is 4.11. The fourth-order valence-corrected chi connectivity index (χ4v) is 2.18. The summed E-state index contributed by atoms with van der Waals surface area (Å²) in [6.07, 6.45) is 1.83. The van der Waals surface area contributed by atoms with Gasteiger partial charge in [0, 0.05) is 24.2 Å². The summed E-state index contributed by atoms with van der Waals surface area (Å²) in [6.45, 7) is 3.05. The minimum atomic E-state index is 0.949. The molecule has 88 valence electrons. The van der Waals surface area contributed by atoms with Gasteiger partial charge in [0.2, 0.25) is 0 Å². The molecule has 0 aliphatic heterocycles. The molecule has 0 unspecified atom stereocenters. The largest absolute Gasteiger partial charge is 0.384 e. The molecule has 0 atom stereocenters.